The SMILES string of the molecule is O=C(Cc1ccc(F)cc1)N1CCC[C@@H](c2cncc(-c3cccc(C(F)(F)F)c3)n2)C1. The van der Waals surface area contributed by atoms with Crippen LogP contribution in [0.5, 0.6) is 0 Å². The van der Waals surface area contributed by atoms with Gasteiger partial charge < -0.3 is 4.90 Å². The number of halogens is 4. The summed E-state index contributed by atoms with van der Waals surface area (Å²) in [6, 6.07) is 10.9. The molecule has 1 atom stereocenters. The molecule has 0 N–H and O–H groups in total. The quantitative estimate of drug-likeness (QED) is 0.518. The first-order chi connectivity index (χ1) is 15.3. The van der Waals surface area contributed by atoms with Gasteiger partial charge in [-0.15, -0.1) is 0 Å². The molecule has 0 unspecified atom stereocenters. The summed E-state index contributed by atoms with van der Waals surface area (Å²) in [4.78, 5) is 23.3. The summed E-state index contributed by atoms with van der Waals surface area (Å²) in [5, 5.41) is 0. The predicted octanol–water partition coefficient (Wildman–Crippen LogP) is 5.25. The Hall–Kier alpha value is -3.29. The molecule has 1 amide bonds. The maximum atomic E-state index is 13.1. The first kappa shape index (κ1) is 21.9. The maximum Gasteiger partial charge on any atom is 0.416 e. The summed E-state index contributed by atoms with van der Waals surface area (Å²) in [7, 11) is 0. The Balaban J connectivity index is 1.49. The number of rotatable bonds is 4. The van der Waals surface area contributed by atoms with E-state index in [1.54, 1.807) is 29.3 Å². The lowest BCUT2D eigenvalue weighted by molar-refractivity contribution is -0.137. The van der Waals surface area contributed by atoms with E-state index in [9.17, 15) is 22.4 Å². The number of carbonyl (C=O) groups excluding carboxylic acids is 1. The summed E-state index contributed by atoms with van der Waals surface area (Å²) in [6.45, 7) is 1.08. The molecule has 4 rings (SSSR count). The number of likely N-dealkylation sites (tertiary alicyclic amines) is 1. The Labute approximate surface area is 182 Å². The molecule has 0 saturated carbocycles. The van der Waals surface area contributed by atoms with E-state index in [1.165, 1.54) is 24.4 Å². The van der Waals surface area contributed by atoms with E-state index in [-0.39, 0.29) is 24.1 Å². The van der Waals surface area contributed by atoms with Crippen molar-refractivity contribution in [3.05, 3.63) is 83.6 Å². The molecule has 1 saturated heterocycles. The van der Waals surface area contributed by atoms with E-state index in [2.05, 4.69) is 9.97 Å². The highest BCUT2D eigenvalue weighted by Crippen LogP contribution is 2.32. The number of hydrogen-bond acceptors (Lipinski definition) is 3. The zero-order valence-corrected chi connectivity index (χ0v) is 17.1. The van der Waals surface area contributed by atoms with Gasteiger partial charge in [0.2, 0.25) is 5.91 Å². The van der Waals surface area contributed by atoms with Gasteiger partial charge >= 0.3 is 6.18 Å². The monoisotopic (exact) mass is 443 g/mol. The maximum absolute atomic E-state index is 13.1. The van der Waals surface area contributed by atoms with Crippen LogP contribution in [0.15, 0.2) is 60.9 Å². The van der Waals surface area contributed by atoms with Crippen LogP contribution < -0.4 is 0 Å². The molecule has 0 bridgehead atoms. The minimum atomic E-state index is -4.43. The van der Waals surface area contributed by atoms with Gasteiger partial charge in [0.1, 0.15) is 5.82 Å². The van der Waals surface area contributed by atoms with Gasteiger partial charge in [0.25, 0.3) is 0 Å². The lowest BCUT2D eigenvalue weighted by atomic mass is 9.94. The Morgan fingerprint density at radius 1 is 1.09 bits per heavy atom. The molecule has 3 aromatic rings. The van der Waals surface area contributed by atoms with Crippen LogP contribution in [0.2, 0.25) is 0 Å². The second-order valence-corrected chi connectivity index (χ2v) is 7.89. The van der Waals surface area contributed by atoms with Gasteiger partial charge in [-0.3, -0.25) is 9.78 Å². The van der Waals surface area contributed by atoms with Crippen molar-refractivity contribution in [1.82, 2.24) is 14.9 Å². The number of carbonyl (C=O) groups is 1. The van der Waals surface area contributed by atoms with Gasteiger partial charge in [-0.25, -0.2) is 9.37 Å². The van der Waals surface area contributed by atoms with Crippen LogP contribution in [0.25, 0.3) is 11.3 Å². The molecule has 2 aromatic carbocycles. The van der Waals surface area contributed by atoms with Crippen molar-refractivity contribution in [2.45, 2.75) is 31.4 Å². The van der Waals surface area contributed by atoms with E-state index >= 15 is 0 Å². The van der Waals surface area contributed by atoms with Crippen molar-refractivity contribution in [2.24, 2.45) is 0 Å². The topological polar surface area (TPSA) is 46.1 Å². The number of amides is 1. The van der Waals surface area contributed by atoms with Gasteiger partial charge in [0.15, 0.2) is 0 Å². The molecule has 0 radical (unpaired) electrons. The fourth-order valence-corrected chi connectivity index (χ4v) is 3.91. The molecular formula is C24H21F4N3O. The molecule has 166 valence electrons. The van der Waals surface area contributed by atoms with Gasteiger partial charge in [-0.2, -0.15) is 13.2 Å². The zero-order valence-electron chi connectivity index (χ0n) is 17.1. The van der Waals surface area contributed by atoms with Gasteiger partial charge in [0, 0.05) is 30.8 Å². The van der Waals surface area contributed by atoms with E-state index < -0.39 is 11.7 Å². The Morgan fingerprint density at radius 3 is 2.62 bits per heavy atom. The Kier molecular flexibility index (Phi) is 6.21. The first-order valence-electron chi connectivity index (χ1n) is 10.3. The Bertz CT molecular complexity index is 1100. The zero-order chi connectivity index (χ0) is 22.7. The average Bonchev–Trinajstić information content (AvgIpc) is 2.80. The fraction of sp³-hybridized carbons (Fsp3) is 0.292. The van der Waals surface area contributed by atoms with E-state index in [0.717, 1.165) is 30.5 Å². The lowest BCUT2D eigenvalue weighted by Gasteiger charge is -2.32. The van der Waals surface area contributed by atoms with Crippen molar-refractivity contribution in [3.8, 4) is 11.3 Å². The molecule has 1 fully saturated rings. The molecular weight excluding hydrogens is 422 g/mol. The normalized spacial score (nSPS) is 16.8. The number of nitrogens with zero attached hydrogens (tertiary/aromatic N) is 3. The summed E-state index contributed by atoms with van der Waals surface area (Å²) >= 11 is 0. The molecule has 1 aliphatic heterocycles. The molecule has 2 heterocycles. The highest BCUT2D eigenvalue weighted by molar-refractivity contribution is 5.79. The smallest absolute Gasteiger partial charge is 0.342 e. The average molecular weight is 443 g/mol. The highest BCUT2D eigenvalue weighted by Gasteiger charge is 2.31. The van der Waals surface area contributed by atoms with Gasteiger partial charge in [-0.1, -0.05) is 24.3 Å². The van der Waals surface area contributed by atoms with Gasteiger partial charge in [0.05, 0.1) is 29.6 Å². The van der Waals surface area contributed by atoms with Crippen LogP contribution in [-0.2, 0) is 17.4 Å². The minimum Gasteiger partial charge on any atom is -0.342 e. The van der Waals surface area contributed by atoms with Crippen LogP contribution in [0.3, 0.4) is 0 Å². The summed E-state index contributed by atoms with van der Waals surface area (Å²) < 4.78 is 52.3. The molecule has 0 aliphatic carbocycles. The number of piperidine rings is 1. The summed E-state index contributed by atoms with van der Waals surface area (Å²) in [6.07, 6.45) is 0.393. The molecule has 1 aliphatic rings. The fourth-order valence-electron chi connectivity index (χ4n) is 3.91. The number of benzene rings is 2. The largest absolute Gasteiger partial charge is 0.416 e. The van der Waals surface area contributed by atoms with Crippen molar-refractivity contribution >= 4 is 5.91 Å². The van der Waals surface area contributed by atoms with Gasteiger partial charge in [-0.05, 0) is 42.7 Å². The third kappa shape index (κ3) is 5.12. The van der Waals surface area contributed by atoms with Crippen LogP contribution >= 0.6 is 0 Å². The Morgan fingerprint density at radius 2 is 1.88 bits per heavy atom. The first-order valence-corrected chi connectivity index (χ1v) is 10.3. The van der Waals surface area contributed by atoms with Crippen molar-refractivity contribution < 1.29 is 22.4 Å². The number of alkyl halides is 3. The molecule has 32 heavy (non-hydrogen) atoms. The lowest BCUT2D eigenvalue weighted by Crippen LogP contribution is -2.40. The minimum absolute atomic E-state index is 0.0525. The van der Waals surface area contributed by atoms with Crippen LogP contribution in [0, 0.1) is 5.82 Å². The molecule has 8 heteroatoms. The standard InChI is InChI=1S/C24H21F4N3O/c25-20-8-6-16(7-9-20)11-23(32)31-10-2-4-18(15-31)22-14-29-13-21(30-22)17-3-1-5-19(12-17)24(26,27)28/h1,3,5-9,12-14,18H,2,4,10-11,15H2/t18-/m1/s1. The number of aromatic nitrogens is 2. The van der Waals surface area contributed by atoms with Crippen LogP contribution in [0.4, 0.5) is 17.6 Å². The second kappa shape index (κ2) is 9.06. The molecule has 0 spiro atoms. The highest BCUT2D eigenvalue weighted by atomic mass is 19.4. The van der Waals surface area contributed by atoms with Crippen molar-refractivity contribution in [2.75, 3.05) is 13.1 Å². The third-order valence-electron chi connectivity index (χ3n) is 5.60. The van der Waals surface area contributed by atoms with Crippen LogP contribution in [-0.4, -0.2) is 33.9 Å². The molecule has 1 aromatic heterocycles. The molecule has 4 nitrogen and oxygen atoms in total. The van der Waals surface area contributed by atoms with E-state index in [0.29, 0.717) is 30.0 Å². The summed E-state index contributed by atoms with van der Waals surface area (Å²) in [5.41, 5.74) is 1.36. The third-order valence-corrected chi connectivity index (χ3v) is 5.60. The van der Waals surface area contributed by atoms with E-state index in [4.69, 9.17) is 0 Å². The summed E-state index contributed by atoms with van der Waals surface area (Å²) in [5.74, 6) is -0.457. The van der Waals surface area contributed by atoms with Crippen molar-refractivity contribution in [3.63, 3.8) is 0 Å². The van der Waals surface area contributed by atoms with Crippen LogP contribution in [0.1, 0.15) is 35.6 Å². The second-order valence-electron chi connectivity index (χ2n) is 7.89. The van der Waals surface area contributed by atoms with E-state index in [1.807, 2.05) is 0 Å². The predicted molar refractivity (Wildman–Crippen MR) is 111 cm³/mol. The number of hydrogen-bond donors (Lipinski definition) is 0. The van der Waals surface area contributed by atoms with Crippen molar-refractivity contribution in [1.29, 1.82) is 0 Å².